The minimum absolute atomic E-state index is 0.181. The van der Waals surface area contributed by atoms with E-state index < -0.39 is 11.9 Å². The van der Waals surface area contributed by atoms with Crippen LogP contribution in [0.25, 0.3) is 6.08 Å². The first-order chi connectivity index (χ1) is 16.3. The van der Waals surface area contributed by atoms with Crippen molar-refractivity contribution in [2.45, 2.75) is 34.6 Å². The second-order valence-corrected chi connectivity index (χ2v) is 8.14. The minimum atomic E-state index is -0.578. The lowest BCUT2D eigenvalue weighted by atomic mass is 10.1. The van der Waals surface area contributed by atoms with E-state index in [0.29, 0.717) is 41.6 Å². The van der Waals surface area contributed by atoms with Gasteiger partial charge in [-0.3, -0.25) is 9.59 Å². The Balaban J connectivity index is 2.32. The summed E-state index contributed by atoms with van der Waals surface area (Å²) in [5, 5.41) is 3.02. The van der Waals surface area contributed by atoms with Crippen molar-refractivity contribution in [2.24, 2.45) is 0 Å². The predicted octanol–water partition coefficient (Wildman–Crippen LogP) is 4.77. The highest BCUT2D eigenvalue weighted by atomic mass is 32.1. The minimum Gasteiger partial charge on any atom is -0.493 e. The molecule has 34 heavy (non-hydrogen) atoms. The van der Waals surface area contributed by atoms with E-state index in [1.807, 2.05) is 20.8 Å². The molecule has 0 unspecified atom stereocenters. The van der Waals surface area contributed by atoms with Gasteiger partial charge in [0.15, 0.2) is 11.5 Å². The summed E-state index contributed by atoms with van der Waals surface area (Å²) in [6, 6.07) is 5.33. The number of carbonyl (C=O) groups is 3. The molecule has 8 nitrogen and oxygen atoms in total. The first kappa shape index (κ1) is 26.9. The summed E-state index contributed by atoms with van der Waals surface area (Å²) >= 11 is 1.08. The van der Waals surface area contributed by atoms with E-state index in [-0.39, 0.29) is 23.1 Å². The molecule has 1 N–H and O–H groups in total. The summed E-state index contributed by atoms with van der Waals surface area (Å²) in [5.41, 5.74) is 1.43. The van der Waals surface area contributed by atoms with E-state index in [0.717, 1.165) is 16.9 Å². The molecule has 9 heteroatoms. The molecule has 2 amide bonds. The number of anilines is 1. The number of amides is 2. The SMILES string of the molecule is CCOC(=O)c1c(NC(=O)/C=C/c2ccc(OCC)c(OC)c2)sc(C(=O)N(CC)CC)c1C. The van der Waals surface area contributed by atoms with Crippen molar-refractivity contribution in [1.29, 1.82) is 0 Å². The van der Waals surface area contributed by atoms with Crippen molar-refractivity contribution in [1.82, 2.24) is 4.90 Å². The molecule has 0 aliphatic rings. The predicted molar refractivity (Wildman–Crippen MR) is 134 cm³/mol. The van der Waals surface area contributed by atoms with Crippen LogP contribution < -0.4 is 14.8 Å². The van der Waals surface area contributed by atoms with Crippen molar-refractivity contribution in [3.63, 3.8) is 0 Å². The molecule has 0 fully saturated rings. The Kier molecular flexibility index (Phi) is 10.1. The van der Waals surface area contributed by atoms with Gasteiger partial charge in [-0.05, 0) is 64.0 Å². The van der Waals surface area contributed by atoms with Crippen LogP contribution in [0.2, 0.25) is 0 Å². The van der Waals surface area contributed by atoms with Gasteiger partial charge in [-0.15, -0.1) is 11.3 Å². The van der Waals surface area contributed by atoms with Crippen LogP contribution in [0, 0.1) is 6.92 Å². The Hall–Kier alpha value is -3.33. The van der Waals surface area contributed by atoms with Crippen LogP contribution in [0.5, 0.6) is 11.5 Å². The zero-order valence-corrected chi connectivity index (χ0v) is 21.3. The molecule has 0 atom stereocenters. The number of carbonyl (C=O) groups excluding carboxylic acids is 3. The highest BCUT2D eigenvalue weighted by molar-refractivity contribution is 7.18. The van der Waals surface area contributed by atoms with E-state index in [1.165, 1.54) is 6.08 Å². The Morgan fingerprint density at radius 3 is 2.35 bits per heavy atom. The largest absolute Gasteiger partial charge is 0.493 e. The third-order valence-corrected chi connectivity index (χ3v) is 6.22. The zero-order chi connectivity index (χ0) is 25.3. The van der Waals surface area contributed by atoms with Crippen molar-refractivity contribution in [2.75, 3.05) is 38.7 Å². The lowest BCUT2D eigenvalue weighted by molar-refractivity contribution is -0.111. The molecule has 0 spiro atoms. The van der Waals surface area contributed by atoms with Gasteiger partial charge >= 0.3 is 5.97 Å². The van der Waals surface area contributed by atoms with Gasteiger partial charge in [-0.25, -0.2) is 4.79 Å². The van der Waals surface area contributed by atoms with Crippen LogP contribution in [0.15, 0.2) is 24.3 Å². The maximum absolute atomic E-state index is 12.9. The van der Waals surface area contributed by atoms with Crippen LogP contribution in [0.1, 0.15) is 58.9 Å². The first-order valence-electron chi connectivity index (χ1n) is 11.2. The topological polar surface area (TPSA) is 94.2 Å². The van der Waals surface area contributed by atoms with Crippen molar-refractivity contribution in [3.05, 3.63) is 45.8 Å². The third-order valence-electron chi connectivity index (χ3n) is 5.02. The Bertz CT molecular complexity index is 1060. The maximum atomic E-state index is 12.9. The van der Waals surface area contributed by atoms with Crippen molar-refractivity contribution < 1.29 is 28.6 Å². The summed E-state index contributed by atoms with van der Waals surface area (Å²) in [6.07, 6.45) is 2.98. The number of benzene rings is 1. The summed E-state index contributed by atoms with van der Waals surface area (Å²) in [7, 11) is 1.55. The van der Waals surface area contributed by atoms with Crippen LogP contribution >= 0.6 is 11.3 Å². The second kappa shape index (κ2) is 12.8. The Morgan fingerprint density at radius 1 is 1.06 bits per heavy atom. The number of nitrogens with one attached hydrogen (secondary N) is 1. The third kappa shape index (κ3) is 6.38. The number of esters is 1. The number of rotatable bonds is 11. The molecule has 2 rings (SSSR count). The fraction of sp³-hybridized carbons (Fsp3) is 0.400. The van der Waals surface area contributed by atoms with Gasteiger partial charge in [0.25, 0.3) is 5.91 Å². The number of thiophene rings is 1. The molecule has 0 radical (unpaired) electrons. The smallest absolute Gasteiger partial charge is 0.341 e. The molecule has 0 bridgehead atoms. The van der Waals surface area contributed by atoms with Gasteiger partial charge in [-0.2, -0.15) is 0 Å². The quantitative estimate of drug-likeness (QED) is 0.362. The normalized spacial score (nSPS) is 10.8. The standard InChI is InChI=1S/C25H32N2O6S/c1-7-27(8-2)24(29)22-16(5)21(25(30)33-10-4)23(34-22)26-20(28)14-12-17-11-13-18(32-9-3)19(15-17)31-6/h11-15H,7-10H2,1-6H3,(H,26,28)/b14-12+. The average molecular weight is 489 g/mol. The summed E-state index contributed by atoms with van der Waals surface area (Å²) in [6.45, 7) is 10.8. The number of hydrogen-bond acceptors (Lipinski definition) is 7. The fourth-order valence-electron chi connectivity index (χ4n) is 3.30. The van der Waals surface area contributed by atoms with Gasteiger partial charge < -0.3 is 24.4 Å². The van der Waals surface area contributed by atoms with E-state index in [9.17, 15) is 14.4 Å². The van der Waals surface area contributed by atoms with E-state index in [1.54, 1.807) is 50.1 Å². The van der Waals surface area contributed by atoms with Gasteiger partial charge in [0.2, 0.25) is 5.91 Å². The fourth-order valence-corrected chi connectivity index (χ4v) is 4.46. The van der Waals surface area contributed by atoms with Gasteiger partial charge in [-0.1, -0.05) is 6.07 Å². The Morgan fingerprint density at radius 2 is 1.76 bits per heavy atom. The summed E-state index contributed by atoms with van der Waals surface area (Å²) in [5.74, 6) is -0.0324. The summed E-state index contributed by atoms with van der Waals surface area (Å²) in [4.78, 5) is 40.3. The molecule has 2 aromatic rings. The van der Waals surface area contributed by atoms with E-state index in [4.69, 9.17) is 14.2 Å². The van der Waals surface area contributed by atoms with E-state index >= 15 is 0 Å². The van der Waals surface area contributed by atoms with Gasteiger partial charge in [0, 0.05) is 19.2 Å². The molecule has 0 aliphatic carbocycles. The van der Waals surface area contributed by atoms with Crippen molar-refractivity contribution in [3.8, 4) is 11.5 Å². The van der Waals surface area contributed by atoms with E-state index in [2.05, 4.69) is 5.32 Å². The Labute approximate surface area is 204 Å². The number of nitrogens with zero attached hydrogens (tertiary/aromatic N) is 1. The van der Waals surface area contributed by atoms with Crippen LogP contribution in [0.4, 0.5) is 5.00 Å². The molecule has 0 aliphatic heterocycles. The monoisotopic (exact) mass is 488 g/mol. The lowest BCUT2D eigenvalue weighted by Gasteiger charge is -2.18. The highest BCUT2D eigenvalue weighted by Crippen LogP contribution is 2.35. The molecule has 1 heterocycles. The molecular formula is C25H32N2O6S. The highest BCUT2D eigenvalue weighted by Gasteiger charge is 2.28. The van der Waals surface area contributed by atoms with Crippen LogP contribution in [-0.4, -0.2) is 56.1 Å². The maximum Gasteiger partial charge on any atom is 0.341 e. The molecule has 1 aromatic carbocycles. The molecule has 1 aromatic heterocycles. The summed E-state index contributed by atoms with van der Waals surface area (Å²) < 4.78 is 16.0. The second-order valence-electron chi connectivity index (χ2n) is 7.12. The number of methoxy groups -OCH3 is 1. The average Bonchev–Trinajstić information content (AvgIpc) is 3.14. The van der Waals surface area contributed by atoms with Crippen LogP contribution in [0.3, 0.4) is 0 Å². The number of hydrogen-bond donors (Lipinski definition) is 1. The lowest BCUT2D eigenvalue weighted by Crippen LogP contribution is -2.30. The molecule has 184 valence electrons. The molecule has 0 saturated carbocycles. The van der Waals surface area contributed by atoms with Crippen LogP contribution in [-0.2, 0) is 9.53 Å². The molecule has 0 saturated heterocycles. The number of ether oxygens (including phenoxy) is 3. The van der Waals surface area contributed by atoms with Gasteiger partial charge in [0.1, 0.15) is 5.00 Å². The van der Waals surface area contributed by atoms with Crippen molar-refractivity contribution >= 4 is 40.2 Å². The molecular weight excluding hydrogens is 456 g/mol. The first-order valence-corrected chi connectivity index (χ1v) is 12.0. The zero-order valence-electron chi connectivity index (χ0n) is 20.5. The van der Waals surface area contributed by atoms with Gasteiger partial charge in [0.05, 0.1) is 30.8 Å².